The van der Waals surface area contributed by atoms with Crippen molar-refractivity contribution in [2.24, 2.45) is 5.92 Å². The molecule has 0 amide bonds. The molecule has 0 aliphatic carbocycles. The van der Waals surface area contributed by atoms with Gasteiger partial charge in [0.05, 0.1) is 18.0 Å². The standard InChI is InChI=1S/C12H17BrN2O/c1-8(9-4-5-16-7-9)15-12-6-10(13)2-3-11(12)14/h2-3,6,8-9,15H,4-5,7,14H2,1H3. The number of benzene rings is 1. The van der Waals surface area contributed by atoms with Gasteiger partial charge in [-0.2, -0.15) is 0 Å². The fourth-order valence-corrected chi connectivity index (χ4v) is 2.32. The van der Waals surface area contributed by atoms with Crippen LogP contribution in [-0.4, -0.2) is 19.3 Å². The van der Waals surface area contributed by atoms with Crippen molar-refractivity contribution < 1.29 is 4.74 Å². The summed E-state index contributed by atoms with van der Waals surface area (Å²) >= 11 is 3.45. The summed E-state index contributed by atoms with van der Waals surface area (Å²) in [6.45, 7) is 3.91. The Balaban J connectivity index is 2.04. The van der Waals surface area contributed by atoms with Crippen LogP contribution >= 0.6 is 15.9 Å². The van der Waals surface area contributed by atoms with E-state index in [0.29, 0.717) is 12.0 Å². The van der Waals surface area contributed by atoms with Gasteiger partial charge in [0.25, 0.3) is 0 Å². The summed E-state index contributed by atoms with van der Waals surface area (Å²) < 4.78 is 6.43. The highest BCUT2D eigenvalue weighted by atomic mass is 79.9. The molecular formula is C12H17BrN2O. The number of hydrogen-bond donors (Lipinski definition) is 2. The lowest BCUT2D eigenvalue weighted by Crippen LogP contribution is -2.26. The van der Waals surface area contributed by atoms with Gasteiger partial charge in [0.2, 0.25) is 0 Å². The molecule has 4 heteroatoms. The second-order valence-electron chi connectivity index (χ2n) is 4.29. The van der Waals surface area contributed by atoms with Gasteiger partial charge in [-0.15, -0.1) is 0 Å². The van der Waals surface area contributed by atoms with E-state index in [1.54, 1.807) is 0 Å². The van der Waals surface area contributed by atoms with Crippen molar-refractivity contribution in [1.82, 2.24) is 0 Å². The highest BCUT2D eigenvalue weighted by Gasteiger charge is 2.22. The number of halogens is 1. The molecule has 3 N–H and O–H groups in total. The molecule has 3 nitrogen and oxygen atoms in total. The third kappa shape index (κ3) is 2.68. The van der Waals surface area contributed by atoms with Gasteiger partial charge in [-0.1, -0.05) is 15.9 Å². The van der Waals surface area contributed by atoms with Gasteiger partial charge in [0.1, 0.15) is 0 Å². The van der Waals surface area contributed by atoms with Crippen LogP contribution in [0.15, 0.2) is 22.7 Å². The lowest BCUT2D eigenvalue weighted by atomic mass is 10.0. The van der Waals surface area contributed by atoms with E-state index in [0.717, 1.165) is 35.5 Å². The molecule has 0 spiro atoms. The molecule has 0 aromatic heterocycles. The van der Waals surface area contributed by atoms with Crippen molar-refractivity contribution in [3.63, 3.8) is 0 Å². The molecule has 2 rings (SSSR count). The number of rotatable bonds is 3. The van der Waals surface area contributed by atoms with E-state index in [1.165, 1.54) is 0 Å². The zero-order chi connectivity index (χ0) is 11.5. The van der Waals surface area contributed by atoms with Gasteiger partial charge in [-0.3, -0.25) is 0 Å². The Kier molecular flexibility index (Phi) is 3.71. The zero-order valence-electron chi connectivity index (χ0n) is 9.37. The van der Waals surface area contributed by atoms with Gasteiger partial charge in [0, 0.05) is 23.0 Å². The van der Waals surface area contributed by atoms with Crippen molar-refractivity contribution in [1.29, 1.82) is 0 Å². The van der Waals surface area contributed by atoms with Crippen LogP contribution in [0, 0.1) is 5.92 Å². The van der Waals surface area contributed by atoms with E-state index >= 15 is 0 Å². The van der Waals surface area contributed by atoms with E-state index < -0.39 is 0 Å². The van der Waals surface area contributed by atoms with Crippen LogP contribution in [0.5, 0.6) is 0 Å². The first-order valence-corrected chi connectivity index (χ1v) is 6.35. The first kappa shape index (κ1) is 11.7. The summed E-state index contributed by atoms with van der Waals surface area (Å²) in [5, 5.41) is 3.46. The topological polar surface area (TPSA) is 47.3 Å². The molecule has 1 aliphatic heterocycles. The fourth-order valence-electron chi connectivity index (χ4n) is 1.96. The molecule has 1 aromatic rings. The number of nitrogens with one attached hydrogen (secondary N) is 1. The van der Waals surface area contributed by atoms with Crippen molar-refractivity contribution >= 4 is 27.3 Å². The predicted molar refractivity (Wildman–Crippen MR) is 70.6 cm³/mol. The van der Waals surface area contributed by atoms with Crippen LogP contribution in [0.4, 0.5) is 11.4 Å². The molecular weight excluding hydrogens is 268 g/mol. The molecule has 0 bridgehead atoms. The average molecular weight is 285 g/mol. The largest absolute Gasteiger partial charge is 0.397 e. The average Bonchev–Trinajstić information content (AvgIpc) is 2.76. The predicted octanol–water partition coefficient (Wildman–Crippen LogP) is 2.87. The third-order valence-electron chi connectivity index (χ3n) is 3.07. The molecule has 16 heavy (non-hydrogen) atoms. The van der Waals surface area contributed by atoms with E-state index in [1.807, 2.05) is 18.2 Å². The molecule has 0 saturated carbocycles. The molecule has 2 unspecified atom stereocenters. The van der Waals surface area contributed by atoms with Gasteiger partial charge in [-0.25, -0.2) is 0 Å². The molecule has 1 heterocycles. The summed E-state index contributed by atoms with van der Waals surface area (Å²) in [6, 6.07) is 6.26. The fraction of sp³-hybridized carbons (Fsp3) is 0.500. The molecule has 1 fully saturated rings. The Labute approximate surface area is 104 Å². The molecule has 1 saturated heterocycles. The Morgan fingerprint density at radius 3 is 3.06 bits per heavy atom. The number of hydrogen-bond acceptors (Lipinski definition) is 3. The van der Waals surface area contributed by atoms with Gasteiger partial charge in [-0.05, 0) is 31.5 Å². The van der Waals surface area contributed by atoms with E-state index in [-0.39, 0.29) is 0 Å². The summed E-state index contributed by atoms with van der Waals surface area (Å²) in [4.78, 5) is 0. The van der Waals surface area contributed by atoms with E-state index in [2.05, 4.69) is 28.2 Å². The van der Waals surface area contributed by atoms with Gasteiger partial charge >= 0.3 is 0 Å². The number of nitrogens with two attached hydrogens (primary N) is 1. The maximum Gasteiger partial charge on any atom is 0.0587 e. The normalized spacial score (nSPS) is 22.0. The Bertz CT molecular complexity index is 364. The quantitative estimate of drug-likeness (QED) is 0.839. The molecule has 1 aliphatic rings. The van der Waals surface area contributed by atoms with Crippen LogP contribution in [-0.2, 0) is 4.74 Å². The summed E-state index contributed by atoms with van der Waals surface area (Å²) in [6.07, 6.45) is 1.13. The monoisotopic (exact) mass is 284 g/mol. The zero-order valence-corrected chi connectivity index (χ0v) is 11.0. The van der Waals surface area contributed by atoms with Gasteiger partial charge < -0.3 is 15.8 Å². The van der Waals surface area contributed by atoms with Gasteiger partial charge in [0.15, 0.2) is 0 Å². The Hall–Kier alpha value is -0.740. The number of nitrogen functional groups attached to an aromatic ring is 1. The van der Waals surface area contributed by atoms with Crippen molar-refractivity contribution in [3.05, 3.63) is 22.7 Å². The van der Waals surface area contributed by atoms with E-state index in [9.17, 15) is 0 Å². The molecule has 1 aromatic carbocycles. The maximum atomic E-state index is 5.92. The molecule has 2 atom stereocenters. The van der Waals surface area contributed by atoms with Crippen molar-refractivity contribution in [3.8, 4) is 0 Å². The summed E-state index contributed by atoms with van der Waals surface area (Å²) in [5.41, 5.74) is 7.70. The first-order chi connectivity index (χ1) is 7.66. The summed E-state index contributed by atoms with van der Waals surface area (Å²) in [7, 11) is 0. The van der Waals surface area contributed by atoms with Crippen LogP contribution in [0.3, 0.4) is 0 Å². The maximum absolute atomic E-state index is 5.92. The Morgan fingerprint density at radius 2 is 2.38 bits per heavy atom. The Morgan fingerprint density at radius 1 is 1.56 bits per heavy atom. The lowest BCUT2D eigenvalue weighted by molar-refractivity contribution is 0.183. The number of ether oxygens (including phenoxy) is 1. The minimum atomic E-state index is 0.388. The lowest BCUT2D eigenvalue weighted by Gasteiger charge is -2.21. The smallest absolute Gasteiger partial charge is 0.0587 e. The number of anilines is 2. The molecule has 0 radical (unpaired) electrons. The minimum absolute atomic E-state index is 0.388. The molecule has 88 valence electrons. The second-order valence-corrected chi connectivity index (χ2v) is 5.20. The van der Waals surface area contributed by atoms with Crippen LogP contribution in [0.2, 0.25) is 0 Å². The third-order valence-corrected chi connectivity index (χ3v) is 3.56. The SMILES string of the molecule is CC(Nc1cc(Br)ccc1N)C1CCOC1. The summed E-state index contributed by atoms with van der Waals surface area (Å²) in [5.74, 6) is 0.582. The minimum Gasteiger partial charge on any atom is -0.397 e. The van der Waals surface area contributed by atoms with Crippen LogP contribution < -0.4 is 11.1 Å². The van der Waals surface area contributed by atoms with Crippen LogP contribution in [0.1, 0.15) is 13.3 Å². The highest BCUT2D eigenvalue weighted by Crippen LogP contribution is 2.26. The highest BCUT2D eigenvalue weighted by molar-refractivity contribution is 9.10. The van der Waals surface area contributed by atoms with Crippen LogP contribution in [0.25, 0.3) is 0 Å². The second kappa shape index (κ2) is 5.06. The van der Waals surface area contributed by atoms with Crippen molar-refractivity contribution in [2.45, 2.75) is 19.4 Å². The first-order valence-electron chi connectivity index (χ1n) is 5.56. The van der Waals surface area contributed by atoms with E-state index in [4.69, 9.17) is 10.5 Å². The van der Waals surface area contributed by atoms with Crippen molar-refractivity contribution in [2.75, 3.05) is 24.3 Å².